The first-order valence-corrected chi connectivity index (χ1v) is 7.55. The Kier molecular flexibility index (Phi) is 3.68. The number of hydrogen-bond donors (Lipinski definition) is 0. The van der Waals surface area contributed by atoms with Crippen molar-refractivity contribution in [3.63, 3.8) is 0 Å². The molecule has 108 valence electrons. The average Bonchev–Trinajstić information content (AvgIpc) is 2.47. The molecule has 0 saturated heterocycles. The highest BCUT2D eigenvalue weighted by atomic mass is 16.5. The van der Waals surface area contributed by atoms with Gasteiger partial charge in [0.05, 0.1) is 12.7 Å². The molecule has 1 heterocycles. The van der Waals surface area contributed by atoms with E-state index in [0.717, 1.165) is 11.7 Å². The first-order valence-electron chi connectivity index (χ1n) is 7.55. The Labute approximate surface area is 120 Å². The third kappa shape index (κ3) is 2.54. The molecule has 1 aliphatic carbocycles. The summed E-state index contributed by atoms with van der Waals surface area (Å²) in [5.41, 5.74) is 0.671. The molecule has 0 bridgehead atoms. The molecular weight excluding hydrogens is 252 g/mol. The monoisotopic (exact) mass is 274 g/mol. The van der Waals surface area contributed by atoms with Gasteiger partial charge in [-0.2, -0.15) is 0 Å². The summed E-state index contributed by atoms with van der Waals surface area (Å²) < 4.78 is 11.3. The van der Waals surface area contributed by atoms with E-state index >= 15 is 0 Å². The molecular formula is C17H22O3. The summed E-state index contributed by atoms with van der Waals surface area (Å²) in [6.07, 6.45) is 5.47. The van der Waals surface area contributed by atoms with Crippen LogP contribution in [0.2, 0.25) is 0 Å². The Morgan fingerprint density at radius 2 is 1.95 bits per heavy atom. The number of carbonyl (C=O) groups excluding carboxylic acids is 1. The smallest absolute Gasteiger partial charge is 0.170 e. The number of ether oxygens (including phenoxy) is 2. The van der Waals surface area contributed by atoms with E-state index in [1.807, 2.05) is 12.1 Å². The van der Waals surface area contributed by atoms with Crippen molar-refractivity contribution >= 4 is 5.78 Å². The second-order valence-corrected chi connectivity index (χ2v) is 6.17. The van der Waals surface area contributed by atoms with E-state index in [-0.39, 0.29) is 11.9 Å². The van der Waals surface area contributed by atoms with E-state index in [2.05, 4.69) is 6.92 Å². The molecule has 20 heavy (non-hydrogen) atoms. The standard InChI is InChI=1S/C17H22O3/c1-11-3-5-12(6-4-11)17-10-15(18)14-9-13(19-2)7-8-16(14)20-17/h7-9,11-12,17H,3-6,10H2,1-2H3. The molecule has 1 fully saturated rings. The SMILES string of the molecule is COc1ccc2c(c1)C(=O)CC(C1CCC(C)CC1)O2. The number of fused-ring (bicyclic) bond motifs is 1. The summed E-state index contributed by atoms with van der Waals surface area (Å²) in [5.74, 6) is 2.98. The zero-order chi connectivity index (χ0) is 14.1. The van der Waals surface area contributed by atoms with Gasteiger partial charge in [0, 0.05) is 6.42 Å². The van der Waals surface area contributed by atoms with Crippen molar-refractivity contribution in [1.82, 2.24) is 0 Å². The lowest BCUT2D eigenvalue weighted by molar-refractivity contribution is 0.0617. The van der Waals surface area contributed by atoms with Crippen LogP contribution in [0.3, 0.4) is 0 Å². The van der Waals surface area contributed by atoms with Crippen LogP contribution in [0.1, 0.15) is 49.4 Å². The predicted molar refractivity (Wildman–Crippen MR) is 77.5 cm³/mol. The van der Waals surface area contributed by atoms with Crippen molar-refractivity contribution in [2.24, 2.45) is 11.8 Å². The molecule has 1 aromatic carbocycles. The number of Topliss-reactive ketones (excluding diaryl/α,β-unsaturated/α-hetero) is 1. The van der Waals surface area contributed by atoms with Gasteiger partial charge in [0.2, 0.25) is 0 Å². The largest absolute Gasteiger partial charge is 0.497 e. The van der Waals surface area contributed by atoms with E-state index in [0.29, 0.717) is 23.7 Å². The normalized spacial score (nSPS) is 29.5. The van der Waals surface area contributed by atoms with E-state index in [1.165, 1.54) is 25.7 Å². The van der Waals surface area contributed by atoms with Crippen molar-refractivity contribution in [3.8, 4) is 11.5 Å². The van der Waals surface area contributed by atoms with Gasteiger partial charge in [-0.15, -0.1) is 0 Å². The van der Waals surface area contributed by atoms with E-state index in [9.17, 15) is 4.79 Å². The van der Waals surface area contributed by atoms with Crippen LogP contribution in [-0.4, -0.2) is 19.0 Å². The molecule has 0 aromatic heterocycles. The van der Waals surface area contributed by atoms with Gasteiger partial charge in [0.15, 0.2) is 5.78 Å². The fourth-order valence-electron chi connectivity index (χ4n) is 3.37. The zero-order valence-corrected chi connectivity index (χ0v) is 12.2. The van der Waals surface area contributed by atoms with Gasteiger partial charge in [-0.1, -0.05) is 19.8 Å². The van der Waals surface area contributed by atoms with Crippen LogP contribution in [0.15, 0.2) is 18.2 Å². The van der Waals surface area contributed by atoms with Crippen molar-refractivity contribution in [3.05, 3.63) is 23.8 Å². The molecule has 1 unspecified atom stereocenters. The predicted octanol–water partition coefficient (Wildman–Crippen LogP) is 3.86. The molecule has 1 atom stereocenters. The number of hydrogen-bond acceptors (Lipinski definition) is 3. The lowest BCUT2D eigenvalue weighted by Gasteiger charge is -2.35. The molecule has 0 spiro atoms. The maximum atomic E-state index is 12.3. The summed E-state index contributed by atoms with van der Waals surface area (Å²) in [6.45, 7) is 2.31. The quantitative estimate of drug-likeness (QED) is 0.821. The molecule has 1 aromatic rings. The minimum atomic E-state index is 0.0656. The van der Waals surface area contributed by atoms with Crippen LogP contribution in [0.25, 0.3) is 0 Å². The molecule has 3 heteroatoms. The molecule has 0 radical (unpaired) electrons. The molecule has 3 nitrogen and oxygen atoms in total. The summed E-state index contributed by atoms with van der Waals surface area (Å²) in [5, 5.41) is 0. The second kappa shape index (κ2) is 5.47. The number of methoxy groups -OCH3 is 1. The Morgan fingerprint density at radius 3 is 2.65 bits per heavy atom. The lowest BCUT2D eigenvalue weighted by Crippen LogP contribution is -2.35. The van der Waals surface area contributed by atoms with Crippen LogP contribution in [0.5, 0.6) is 11.5 Å². The minimum absolute atomic E-state index is 0.0656. The van der Waals surface area contributed by atoms with Gasteiger partial charge >= 0.3 is 0 Å². The van der Waals surface area contributed by atoms with Gasteiger partial charge in [0.1, 0.15) is 17.6 Å². The summed E-state index contributed by atoms with van der Waals surface area (Å²) in [7, 11) is 1.61. The summed E-state index contributed by atoms with van der Waals surface area (Å²) in [6, 6.07) is 5.51. The van der Waals surface area contributed by atoms with Crippen molar-refractivity contribution in [2.45, 2.75) is 45.1 Å². The van der Waals surface area contributed by atoms with Crippen LogP contribution in [-0.2, 0) is 0 Å². The molecule has 0 amide bonds. The number of rotatable bonds is 2. The van der Waals surface area contributed by atoms with Gasteiger partial charge in [-0.3, -0.25) is 4.79 Å². The highest BCUT2D eigenvalue weighted by molar-refractivity contribution is 6.00. The maximum Gasteiger partial charge on any atom is 0.170 e. The third-order valence-corrected chi connectivity index (χ3v) is 4.74. The molecule has 1 saturated carbocycles. The van der Waals surface area contributed by atoms with E-state index in [1.54, 1.807) is 13.2 Å². The van der Waals surface area contributed by atoms with Crippen LogP contribution in [0, 0.1) is 11.8 Å². The Balaban J connectivity index is 1.77. The first-order chi connectivity index (χ1) is 9.67. The lowest BCUT2D eigenvalue weighted by atomic mass is 9.78. The van der Waals surface area contributed by atoms with Crippen LogP contribution >= 0.6 is 0 Å². The van der Waals surface area contributed by atoms with Gasteiger partial charge < -0.3 is 9.47 Å². The van der Waals surface area contributed by atoms with Crippen molar-refractivity contribution < 1.29 is 14.3 Å². The third-order valence-electron chi connectivity index (χ3n) is 4.74. The molecule has 2 aliphatic rings. The first kappa shape index (κ1) is 13.5. The molecule has 0 N–H and O–H groups in total. The van der Waals surface area contributed by atoms with Crippen molar-refractivity contribution in [1.29, 1.82) is 0 Å². The van der Waals surface area contributed by atoms with Crippen LogP contribution < -0.4 is 9.47 Å². The maximum absolute atomic E-state index is 12.3. The average molecular weight is 274 g/mol. The van der Waals surface area contributed by atoms with Crippen molar-refractivity contribution in [2.75, 3.05) is 7.11 Å². The van der Waals surface area contributed by atoms with Crippen LogP contribution in [0.4, 0.5) is 0 Å². The Bertz CT molecular complexity index is 501. The fraction of sp³-hybridized carbons (Fsp3) is 0.588. The summed E-state index contributed by atoms with van der Waals surface area (Å²) >= 11 is 0. The van der Waals surface area contributed by atoms with E-state index in [4.69, 9.17) is 9.47 Å². The highest BCUT2D eigenvalue weighted by Gasteiger charge is 2.34. The highest BCUT2D eigenvalue weighted by Crippen LogP contribution is 2.38. The zero-order valence-electron chi connectivity index (χ0n) is 12.2. The molecule has 1 aliphatic heterocycles. The van der Waals surface area contributed by atoms with E-state index < -0.39 is 0 Å². The molecule has 3 rings (SSSR count). The number of benzene rings is 1. The second-order valence-electron chi connectivity index (χ2n) is 6.17. The minimum Gasteiger partial charge on any atom is -0.497 e. The Morgan fingerprint density at radius 1 is 1.20 bits per heavy atom. The van der Waals surface area contributed by atoms with Gasteiger partial charge in [-0.25, -0.2) is 0 Å². The fourth-order valence-corrected chi connectivity index (χ4v) is 3.37. The number of carbonyl (C=O) groups is 1. The topological polar surface area (TPSA) is 35.5 Å². The van der Waals surface area contributed by atoms with Gasteiger partial charge in [0.25, 0.3) is 0 Å². The summed E-state index contributed by atoms with van der Waals surface area (Å²) in [4.78, 5) is 12.3. The number of ketones is 1. The Hall–Kier alpha value is -1.51. The van der Waals surface area contributed by atoms with Gasteiger partial charge in [-0.05, 0) is 42.9 Å².